The van der Waals surface area contributed by atoms with E-state index in [1.807, 2.05) is 0 Å². The molecule has 11 heavy (non-hydrogen) atoms. The molecule has 1 saturated heterocycles. The highest BCUT2D eigenvalue weighted by atomic mass is 16.5. The van der Waals surface area contributed by atoms with E-state index < -0.39 is 0 Å². The van der Waals surface area contributed by atoms with Crippen LogP contribution in [0, 0.1) is 5.92 Å². The molecule has 1 fully saturated rings. The Hall–Kier alpha value is -0.120. The van der Waals surface area contributed by atoms with Crippen LogP contribution in [0.15, 0.2) is 0 Å². The molecule has 0 aliphatic carbocycles. The molecule has 0 aromatic heterocycles. The van der Waals surface area contributed by atoms with Crippen LogP contribution in [0.25, 0.3) is 0 Å². The Balaban J connectivity index is 2.29. The van der Waals surface area contributed by atoms with Gasteiger partial charge in [0, 0.05) is 0 Å². The van der Waals surface area contributed by atoms with E-state index in [4.69, 9.17) is 9.84 Å². The van der Waals surface area contributed by atoms with Gasteiger partial charge in [0.05, 0.1) is 19.3 Å². The summed E-state index contributed by atoms with van der Waals surface area (Å²) in [5.74, 6) is 0.534. The van der Waals surface area contributed by atoms with Crippen molar-refractivity contribution in [3.63, 3.8) is 0 Å². The van der Waals surface area contributed by atoms with Gasteiger partial charge in [0.15, 0.2) is 0 Å². The van der Waals surface area contributed by atoms with E-state index in [2.05, 4.69) is 19.2 Å². The molecule has 3 heteroatoms. The van der Waals surface area contributed by atoms with E-state index in [1.54, 1.807) is 0 Å². The van der Waals surface area contributed by atoms with Gasteiger partial charge in [-0.3, -0.25) is 5.32 Å². The normalized spacial score (nSPS) is 34.1. The fourth-order valence-electron chi connectivity index (χ4n) is 1.20. The summed E-state index contributed by atoms with van der Waals surface area (Å²) in [7, 11) is 0. The van der Waals surface area contributed by atoms with Crippen molar-refractivity contribution in [3.05, 3.63) is 0 Å². The highest BCUT2D eigenvalue weighted by Gasteiger charge is 2.26. The molecule has 0 radical (unpaired) electrons. The predicted octanol–water partition coefficient (Wildman–Crippen LogP) is 0.339. The Morgan fingerprint density at radius 2 is 2.45 bits per heavy atom. The van der Waals surface area contributed by atoms with Crippen molar-refractivity contribution in [1.82, 2.24) is 5.32 Å². The van der Waals surface area contributed by atoms with Gasteiger partial charge < -0.3 is 9.84 Å². The van der Waals surface area contributed by atoms with Crippen molar-refractivity contribution in [2.45, 2.75) is 32.5 Å². The van der Waals surface area contributed by atoms with Crippen LogP contribution >= 0.6 is 0 Å². The zero-order chi connectivity index (χ0) is 8.27. The summed E-state index contributed by atoms with van der Waals surface area (Å²) in [5.41, 5.74) is 0. The SMILES string of the molecule is CCC(C)C1NC(CO)CO1. The monoisotopic (exact) mass is 159 g/mol. The number of rotatable bonds is 3. The van der Waals surface area contributed by atoms with Crippen LogP contribution in [-0.2, 0) is 4.74 Å². The first kappa shape index (κ1) is 8.97. The lowest BCUT2D eigenvalue weighted by Crippen LogP contribution is -2.36. The quantitative estimate of drug-likeness (QED) is 0.624. The highest BCUT2D eigenvalue weighted by molar-refractivity contribution is 4.77. The zero-order valence-corrected chi connectivity index (χ0v) is 7.21. The fourth-order valence-corrected chi connectivity index (χ4v) is 1.20. The molecule has 0 bridgehead atoms. The maximum Gasteiger partial charge on any atom is 0.111 e. The maximum absolute atomic E-state index is 8.80. The number of aliphatic hydroxyl groups is 1. The molecule has 1 aliphatic rings. The summed E-state index contributed by atoms with van der Waals surface area (Å²) >= 11 is 0. The van der Waals surface area contributed by atoms with Gasteiger partial charge in [-0.15, -0.1) is 0 Å². The number of hydrogen-bond donors (Lipinski definition) is 2. The van der Waals surface area contributed by atoms with Crippen LogP contribution in [-0.4, -0.2) is 30.6 Å². The first-order valence-corrected chi connectivity index (χ1v) is 4.26. The molecule has 2 N–H and O–H groups in total. The fraction of sp³-hybridized carbons (Fsp3) is 1.00. The van der Waals surface area contributed by atoms with E-state index in [0.717, 1.165) is 6.42 Å². The molecule has 0 aromatic rings. The van der Waals surface area contributed by atoms with Gasteiger partial charge in [-0.1, -0.05) is 13.8 Å². The van der Waals surface area contributed by atoms with Crippen molar-refractivity contribution in [2.24, 2.45) is 5.92 Å². The van der Waals surface area contributed by atoms with Crippen molar-refractivity contribution in [1.29, 1.82) is 0 Å². The summed E-state index contributed by atoms with van der Waals surface area (Å²) in [6.45, 7) is 5.11. The van der Waals surface area contributed by atoms with Crippen molar-refractivity contribution >= 4 is 0 Å². The second-order valence-electron chi connectivity index (χ2n) is 3.19. The Labute approximate surface area is 67.7 Å². The van der Waals surface area contributed by atoms with E-state index >= 15 is 0 Å². The lowest BCUT2D eigenvalue weighted by Gasteiger charge is -2.17. The molecular formula is C8H17NO2. The molecule has 0 amide bonds. The highest BCUT2D eigenvalue weighted by Crippen LogP contribution is 2.14. The smallest absolute Gasteiger partial charge is 0.111 e. The molecule has 1 rings (SSSR count). The van der Waals surface area contributed by atoms with Crippen LogP contribution < -0.4 is 5.32 Å². The van der Waals surface area contributed by atoms with Gasteiger partial charge in [-0.2, -0.15) is 0 Å². The maximum atomic E-state index is 8.80. The van der Waals surface area contributed by atoms with Crippen molar-refractivity contribution in [3.8, 4) is 0 Å². The minimum absolute atomic E-state index is 0.147. The van der Waals surface area contributed by atoms with Gasteiger partial charge in [0.1, 0.15) is 6.23 Å². The number of ether oxygens (including phenoxy) is 1. The van der Waals surface area contributed by atoms with Crippen LogP contribution in [0.5, 0.6) is 0 Å². The lowest BCUT2D eigenvalue weighted by molar-refractivity contribution is 0.0563. The molecule has 0 saturated carbocycles. The molecule has 66 valence electrons. The topological polar surface area (TPSA) is 41.5 Å². The third-order valence-electron chi connectivity index (χ3n) is 2.26. The zero-order valence-electron chi connectivity index (χ0n) is 7.21. The average molecular weight is 159 g/mol. The van der Waals surface area contributed by atoms with Gasteiger partial charge in [-0.05, 0) is 12.3 Å². The third-order valence-corrected chi connectivity index (χ3v) is 2.26. The van der Waals surface area contributed by atoms with E-state index in [-0.39, 0.29) is 18.9 Å². The Kier molecular flexibility index (Phi) is 3.30. The van der Waals surface area contributed by atoms with E-state index in [9.17, 15) is 0 Å². The van der Waals surface area contributed by atoms with E-state index in [1.165, 1.54) is 0 Å². The molecule has 1 heterocycles. The lowest BCUT2D eigenvalue weighted by atomic mass is 10.1. The molecule has 0 aromatic carbocycles. The van der Waals surface area contributed by atoms with Crippen LogP contribution in [0.4, 0.5) is 0 Å². The third kappa shape index (κ3) is 2.15. The summed E-state index contributed by atoms with van der Waals surface area (Å²) in [6.07, 6.45) is 1.26. The molecule has 3 nitrogen and oxygen atoms in total. The minimum atomic E-state index is 0.147. The Morgan fingerprint density at radius 3 is 2.91 bits per heavy atom. The molecule has 3 unspecified atom stereocenters. The second kappa shape index (κ2) is 4.04. The second-order valence-corrected chi connectivity index (χ2v) is 3.19. The summed E-state index contributed by atoms with van der Waals surface area (Å²) < 4.78 is 5.44. The van der Waals surface area contributed by atoms with Gasteiger partial charge in [-0.25, -0.2) is 0 Å². The predicted molar refractivity (Wildman–Crippen MR) is 43.2 cm³/mol. The van der Waals surface area contributed by atoms with Gasteiger partial charge in [0.25, 0.3) is 0 Å². The van der Waals surface area contributed by atoms with Crippen molar-refractivity contribution in [2.75, 3.05) is 13.2 Å². The Bertz CT molecular complexity index is 119. The summed E-state index contributed by atoms with van der Waals surface area (Å²) in [4.78, 5) is 0. The largest absolute Gasteiger partial charge is 0.395 e. The minimum Gasteiger partial charge on any atom is -0.395 e. The molecule has 0 spiro atoms. The number of nitrogens with one attached hydrogen (secondary N) is 1. The Morgan fingerprint density at radius 1 is 1.73 bits per heavy atom. The molecular weight excluding hydrogens is 142 g/mol. The number of aliphatic hydroxyl groups excluding tert-OH is 1. The first-order valence-electron chi connectivity index (χ1n) is 4.26. The summed E-state index contributed by atoms with van der Waals surface area (Å²) in [5, 5.41) is 12.0. The van der Waals surface area contributed by atoms with Gasteiger partial charge in [0.2, 0.25) is 0 Å². The van der Waals surface area contributed by atoms with E-state index in [0.29, 0.717) is 12.5 Å². The average Bonchev–Trinajstić information content (AvgIpc) is 2.50. The standard InChI is InChI=1S/C8H17NO2/c1-3-6(2)8-9-7(4-10)5-11-8/h6-10H,3-5H2,1-2H3. The van der Waals surface area contributed by atoms with Crippen LogP contribution in [0.3, 0.4) is 0 Å². The van der Waals surface area contributed by atoms with Crippen LogP contribution in [0.1, 0.15) is 20.3 Å². The number of hydrogen-bond acceptors (Lipinski definition) is 3. The molecule has 3 atom stereocenters. The van der Waals surface area contributed by atoms with Crippen molar-refractivity contribution < 1.29 is 9.84 Å². The van der Waals surface area contributed by atoms with Gasteiger partial charge >= 0.3 is 0 Å². The first-order chi connectivity index (χ1) is 5.27. The summed E-state index contributed by atoms with van der Waals surface area (Å²) in [6, 6.07) is 0.147. The molecule has 1 aliphatic heterocycles. The van der Waals surface area contributed by atoms with Crippen LogP contribution in [0.2, 0.25) is 0 Å².